The molecule has 1 N–H and O–H groups in total. The second kappa shape index (κ2) is 5.50. The minimum Gasteiger partial charge on any atom is -0.481 e. The van der Waals surface area contributed by atoms with Crippen LogP contribution >= 0.6 is 0 Å². The third-order valence-corrected chi connectivity index (χ3v) is 3.00. The molecule has 104 valence electrons. The van der Waals surface area contributed by atoms with Gasteiger partial charge in [-0.1, -0.05) is 35.4 Å². The molecule has 1 fully saturated rings. The molecular weight excluding hydrogens is 264 g/mol. The Kier molecular flexibility index (Phi) is 3.76. The molecular formula is C12H12N4O4. The number of aliphatic carboxylic acids is 1. The van der Waals surface area contributed by atoms with E-state index in [-0.39, 0.29) is 19.7 Å². The van der Waals surface area contributed by atoms with Gasteiger partial charge in [0, 0.05) is 18.0 Å². The van der Waals surface area contributed by atoms with Crippen molar-refractivity contribution in [3.8, 4) is 0 Å². The minimum atomic E-state index is -1.57. The van der Waals surface area contributed by atoms with E-state index in [0.29, 0.717) is 0 Å². The number of carboxylic acid groups (broad SMARTS) is 1. The Morgan fingerprint density at radius 2 is 2.05 bits per heavy atom. The molecule has 0 aromatic heterocycles. The van der Waals surface area contributed by atoms with E-state index < -0.39 is 17.6 Å². The Labute approximate surface area is 114 Å². The van der Waals surface area contributed by atoms with E-state index in [1.54, 1.807) is 0 Å². The predicted molar refractivity (Wildman–Crippen MR) is 67.7 cm³/mol. The van der Waals surface area contributed by atoms with Crippen molar-refractivity contribution in [1.29, 1.82) is 0 Å². The molecule has 0 spiro atoms. The van der Waals surface area contributed by atoms with E-state index >= 15 is 0 Å². The lowest BCUT2D eigenvalue weighted by Gasteiger charge is -2.42. The van der Waals surface area contributed by atoms with Crippen molar-refractivity contribution >= 4 is 12.1 Å². The molecule has 1 aromatic carbocycles. The number of carbonyl (C=O) groups is 2. The zero-order chi connectivity index (χ0) is 14.6. The summed E-state index contributed by atoms with van der Waals surface area (Å²) in [4.78, 5) is 26.4. The Morgan fingerprint density at radius 1 is 1.40 bits per heavy atom. The zero-order valence-corrected chi connectivity index (χ0v) is 10.5. The van der Waals surface area contributed by atoms with Crippen molar-refractivity contribution in [2.75, 3.05) is 13.1 Å². The number of carboxylic acids is 1. The summed E-state index contributed by atoms with van der Waals surface area (Å²) >= 11 is 0. The zero-order valence-electron chi connectivity index (χ0n) is 10.5. The number of nitrogens with zero attached hydrogens (tertiary/aromatic N) is 4. The molecule has 2 rings (SSSR count). The van der Waals surface area contributed by atoms with Crippen LogP contribution in [0.3, 0.4) is 0 Å². The van der Waals surface area contributed by atoms with Gasteiger partial charge >= 0.3 is 12.1 Å². The Hall–Kier alpha value is -2.73. The molecule has 1 amide bonds. The monoisotopic (exact) mass is 276 g/mol. The first-order chi connectivity index (χ1) is 9.57. The number of likely N-dealkylation sites (tertiary alicyclic amines) is 1. The van der Waals surface area contributed by atoms with Crippen molar-refractivity contribution in [2.45, 2.75) is 12.1 Å². The standard InChI is InChI=1S/C12H12N4O4/c13-15-14-12(10(17)18)7-16(8-12)11(19)20-6-9-4-2-1-3-5-9/h1-5H,6-8H2,(H,17,18). The normalized spacial score (nSPS) is 15.7. The topological polar surface area (TPSA) is 116 Å². The van der Waals surface area contributed by atoms with Gasteiger partial charge in [-0.2, -0.15) is 0 Å². The number of amides is 1. The highest BCUT2D eigenvalue weighted by Gasteiger charge is 2.51. The van der Waals surface area contributed by atoms with E-state index in [0.717, 1.165) is 5.56 Å². The molecule has 1 heterocycles. The van der Waals surface area contributed by atoms with Crippen LogP contribution in [0.15, 0.2) is 35.4 Å². The van der Waals surface area contributed by atoms with E-state index in [2.05, 4.69) is 10.0 Å². The van der Waals surface area contributed by atoms with Crippen LogP contribution in [0.1, 0.15) is 5.56 Å². The predicted octanol–water partition coefficient (Wildman–Crippen LogP) is 1.77. The van der Waals surface area contributed by atoms with E-state index in [4.69, 9.17) is 15.4 Å². The van der Waals surface area contributed by atoms with Crippen molar-refractivity contribution < 1.29 is 19.4 Å². The Balaban J connectivity index is 1.87. The van der Waals surface area contributed by atoms with Crippen LogP contribution in [-0.4, -0.2) is 40.7 Å². The molecule has 1 aliphatic rings. The summed E-state index contributed by atoms with van der Waals surface area (Å²) in [6.45, 7) is -0.252. The Bertz CT molecular complexity index is 558. The van der Waals surface area contributed by atoms with Gasteiger partial charge in [0.2, 0.25) is 0 Å². The van der Waals surface area contributed by atoms with E-state index in [9.17, 15) is 9.59 Å². The molecule has 1 saturated heterocycles. The maximum absolute atomic E-state index is 11.7. The van der Waals surface area contributed by atoms with Gasteiger partial charge in [-0.05, 0) is 11.1 Å². The number of carbonyl (C=O) groups excluding carboxylic acids is 1. The van der Waals surface area contributed by atoms with Crippen LogP contribution < -0.4 is 0 Å². The van der Waals surface area contributed by atoms with Gasteiger partial charge < -0.3 is 14.7 Å². The summed E-state index contributed by atoms with van der Waals surface area (Å²) in [6.07, 6.45) is -0.626. The summed E-state index contributed by atoms with van der Waals surface area (Å²) in [5, 5.41) is 12.2. The molecule has 0 atom stereocenters. The van der Waals surface area contributed by atoms with Crippen LogP contribution in [0.2, 0.25) is 0 Å². The SMILES string of the molecule is [N-]=[N+]=NC1(C(=O)O)CN(C(=O)OCc2ccccc2)C1. The summed E-state index contributed by atoms with van der Waals surface area (Å²) in [6, 6.07) is 9.12. The van der Waals surface area contributed by atoms with E-state index in [1.807, 2.05) is 30.3 Å². The number of hydrogen-bond acceptors (Lipinski definition) is 4. The van der Waals surface area contributed by atoms with Crippen LogP contribution in [0.25, 0.3) is 10.4 Å². The van der Waals surface area contributed by atoms with Crippen LogP contribution in [0, 0.1) is 0 Å². The van der Waals surface area contributed by atoms with Gasteiger partial charge in [0.1, 0.15) is 6.61 Å². The quantitative estimate of drug-likeness (QED) is 0.512. The van der Waals surface area contributed by atoms with Crippen molar-refractivity contribution in [3.05, 3.63) is 46.3 Å². The molecule has 0 saturated carbocycles. The summed E-state index contributed by atoms with van der Waals surface area (Å²) in [5.41, 5.74) is 7.62. The lowest BCUT2D eigenvalue weighted by atomic mass is 9.92. The first-order valence-electron chi connectivity index (χ1n) is 5.83. The van der Waals surface area contributed by atoms with Gasteiger partial charge in [0.05, 0.1) is 0 Å². The third-order valence-electron chi connectivity index (χ3n) is 3.00. The first-order valence-corrected chi connectivity index (χ1v) is 5.83. The lowest BCUT2D eigenvalue weighted by molar-refractivity contribution is -0.149. The number of rotatable bonds is 4. The second-order valence-corrected chi connectivity index (χ2v) is 4.42. The van der Waals surface area contributed by atoms with Crippen LogP contribution in [0.5, 0.6) is 0 Å². The fourth-order valence-corrected chi connectivity index (χ4v) is 1.85. The second-order valence-electron chi connectivity index (χ2n) is 4.42. The van der Waals surface area contributed by atoms with Gasteiger partial charge in [-0.25, -0.2) is 4.79 Å². The number of hydrogen-bond donors (Lipinski definition) is 1. The van der Waals surface area contributed by atoms with Gasteiger partial charge in [0.15, 0.2) is 5.54 Å². The highest BCUT2D eigenvalue weighted by molar-refractivity contribution is 5.84. The molecule has 0 unspecified atom stereocenters. The van der Waals surface area contributed by atoms with E-state index in [1.165, 1.54) is 4.90 Å². The third kappa shape index (κ3) is 2.65. The number of ether oxygens (including phenoxy) is 1. The highest BCUT2D eigenvalue weighted by Crippen LogP contribution is 2.26. The van der Waals surface area contributed by atoms with Crippen molar-refractivity contribution in [2.24, 2.45) is 5.11 Å². The molecule has 20 heavy (non-hydrogen) atoms. The molecule has 1 aliphatic heterocycles. The largest absolute Gasteiger partial charge is 0.481 e. The van der Waals surface area contributed by atoms with Crippen molar-refractivity contribution in [3.63, 3.8) is 0 Å². The van der Waals surface area contributed by atoms with Crippen molar-refractivity contribution in [1.82, 2.24) is 4.90 Å². The summed E-state index contributed by atoms with van der Waals surface area (Å²) in [7, 11) is 0. The average molecular weight is 276 g/mol. The first kappa shape index (κ1) is 13.7. The summed E-state index contributed by atoms with van der Waals surface area (Å²) in [5.74, 6) is -1.25. The van der Waals surface area contributed by atoms with Gasteiger partial charge in [-0.15, -0.1) is 0 Å². The fraction of sp³-hybridized carbons (Fsp3) is 0.333. The lowest BCUT2D eigenvalue weighted by Crippen LogP contribution is -2.66. The number of azide groups is 1. The molecule has 0 radical (unpaired) electrons. The Morgan fingerprint density at radius 3 is 2.60 bits per heavy atom. The van der Waals surface area contributed by atoms with Gasteiger partial charge in [-0.3, -0.25) is 4.79 Å². The summed E-state index contributed by atoms with van der Waals surface area (Å²) < 4.78 is 5.04. The highest BCUT2D eigenvalue weighted by atomic mass is 16.6. The van der Waals surface area contributed by atoms with Crippen LogP contribution in [0.4, 0.5) is 4.79 Å². The van der Waals surface area contributed by atoms with Crippen LogP contribution in [-0.2, 0) is 16.1 Å². The molecule has 8 nitrogen and oxygen atoms in total. The maximum Gasteiger partial charge on any atom is 0.410 e. The molecule has 0 aliphatic carbocycles. The smallest absolute Gasteiger partial charge is 0.410 e. The molecule has 1 aromatic rings. The average Bonchev–Trinajstić information content (AvgIpc) is 2.40. The molecule has 8 heteroatoms. The minimum absolute atomic E-state index is 0.109. The number of benzene rings is 1. The fourth-order valence-electron chi connectivity index (χ4n) is 1.85. The van der Waals surface area contributed by atoms with Gasteiger partial charge in [0.25, 0.3) is 0 Å². The maximum atomic E-state index is 11.7. The molecule has 0 bridgehead atoms.